The Hall–Kier alpha value is -2.70. The number of halogens is 3. The van der Waals surface area contributed by atoms with Gasteiger partial charge in [-0.25, -0.2) is 4.39 Å². The van der Waals surface area contributed by atoms with Gasteiger partial charge < -0.3 is 22.3 Å². The minimum atomic E-state index is -4.04. The average Bonchev–Trinajstić information content (AvgIpc) is 3.04. The lowest BCUT2D eigenvalue weighted by molar-refractivity contribution is -0.363. The second kappa shape index (κ2) is 5.65. The van der Waals surface area contributed by atoms with Crippen LogP contribution in [0, 0.1) is 19.7 Å². The van der Waals surface area contributed by atoms with Crippen molar-refractivity contribution in [3.63, 3.8) is 0 Å². The van der Waals surface area contributed by atoms with E-state index in [0.717, 1.165) is 20.1 Å². The molecule has 2 aliphatic rings. The molecule has 0 N–H and O–H groups in total. The number of benzene rings is 1. The van der Waals surface area contributed by atoms with Crippen molar-refractivity contribution in [2.24, 2.45) is 0 Å². The van der Waals surface area contributed by atoms with E-state index < -0.39 is 12.8 Å². The molecule has 7 heteroatoms. The third-order valence-electron chi connectivity index (χ3n) is 5.33. The lowest BCUT2D eigenvalue weighted by atomic mass is 9.84. The number of rotatable bonds is 2. The molecule has 0 saturated carbocycles. The van der Waals surface area contributed by atoms with Crippen molar-refractivity contribution >= 4 is 18.3 Å². The van der Waals surface area contributed by atoms with Gasteiger partial charge in [-0.1, -0.05) is 0 Å². The van der Waals surface area contributed by atoms with E-state index in [4.69, 9.17) is 4.74 Å². The maximum atomic E-state index is 15.5. The maximum absolute atomic E-state index is 15.5. The molecule has 1 aromatic heterocycles. The second-order valence-corrected chi connectivity index (χ2v) is 7.22. The Morgan fingerprint density at radius 3 is 2.41 bits per heavy atom. The molecule has 3 heterocycles. The van der Waals surface area contributed by atoms with Gasteiger partial charge in [0.15, 0.2) is 5.70 Å². The number of ether oxygens (including phenoxy) is 1. The number of aryl methyl sites for hydroxylation is 2. The Morgan fingerprint density at radius 1 is 1.04 bits per heavy atom. The summed E-state index contributed by atoms with van der Waals surface area (Å²) in [4.78, 5) is 0. The first-order chi connectivity index (χ1) is 12.7. The highest BCUT2D eigenvalue weighted by atomic mass is 19.2. The predicted molar refractivity (Wildman–Crippen MR) is 101 cm³/mol. The highest BCUT2D eigenvalue weighted by Gasteiger charge is 2.55. The third-order valence-corrected chi connectivity index (χ3v) is 5.33. The van der Waals surface area contributed by atoms with Crippen LogP contribution in [0.5, 0.6) is 5.75 Å². The standard InChI is InChI=1S/C20H20BF3N2O/c1-11-6-13(3)25-19(11)18(15-8-16(22)10-17(9-15)27-5)20-12(2)7-14(4)26(20)21(25,23)24/h6-10H,1-5H3. The summed E-state index contributed by atoms with van der Waals surface area (Å²) in [6, 6.07) is 6.08. The van der Waals surface area contributed by atoms with Gasteiger partial charge in [-0.05, 0) is 55.8 Å². The fourth-order valence-corrected chi connectivity index (χ4v) is 4.40. The third kappa shape index (κ3) is 2.34. The van der Waals surface area contributed by atoms with Gasteiger partial charge in [0, 0.05) is 30.3 Å². The maximum Gasteiger partial charge on any atom is 0.737 e. The summed E-state index contributed by atoms with van der Waals surface area (Å²) in [5.74, 6) is -0.125. The number of hydrogen-bond acceptors (Lipinski definition) is 1. The van der Waals surface area contributed by atoms with Crippen LogP contribution in [0.4, 0.5) is 13.0 Å². The minimum Gasteiger partial charge on any atom is -0.497 e. The van der Waals surface area contributed by atoms with E-state index in [9.17, 15) is 4.39 Å². The monoisotopic (exact) mass is 372 g/mol. The molecule has 3 nitrogen and oxygen atoms in total. The number of hydrogen-bond donors (Lipinski definition) is 0. The van der Waals surface area contributed by atoms with E-state index in [0.29, 0.717) is 39.7 Å². The molecule has 27 heavy (non-hydrogen) atoms. The van der Waals surface area contributed by atoms with Crippen LogP contribution in [0.2, 0.25) is 0 Å². The summed E-state index contributed by atoms with van der Waals surface area (Å²) in [6.07, 6.45) is 1.75. The topological polar surface area (TPSA) is 17.2 Å². The van der Waals surface area contributed by atoms with Crippen molar-refractivity contribution < 1.29 is 22.2 Å². The van der Waals surface area contributed by atoms with Crippen molar-refractivity contribution in [1.29, 1.82) is 0 Å². The molecule has 0 amide bonds. The summed E-state index contributed by atoms with van der Waals surface area (Å²) in [6.45, 7) is 2.93. The zero-order valence-corrected chi connectivity index (χ0v) is 15.9. The lowest BCUT2D eigenvalue weighted by Crippen LogP contribution is -2.51. The molecule has 0 radical (unpaired) electrons. The molecule has 0 spiro atoms. The van der Waals surface area contributed by atoms with E-state index in [-0.39, 0.29) is 0 Å². The van der Waals surface area contributed by atoms with Crippen LogP contribution < -0.4 is 4.74 Å². The Kier molecular flexibility index (Phi) is 3.70. The first kappa shape index (κ1) is 17.7. The van der Waals surface area contributed by atoms with Gasteiger partial charge in [-0.15, -0.1) is 0 Å². The first-order valence-electron chi connectivity index (χ1n) is 8.79. The SMILES string of the molecule is COc1cc(F)cc(C2=C3C(C)=CC(C)=[N+]3[B-](F)(F)n3c(C)cc(C)c32)c1. The molecule has 2 aromatic rings. The van der Waals surface area contributed by atoms with E-state index >= 15 is 8.63 Å². The molecule has 2 aliphatic heterocycles. The normalized spacial score (nSPS) is 17.9. The van der Waals surface area contributed by atoms with Crippen molar-refractivity contribution in [3.05, 3.63) is 69.9 Å². The zero-order valence-electron chi connectivity index (χ0n) is 15.9. The number of nitrogens with zero attached hydrogens (tertiary/aromatic N) is 2. The van der Waals surface area contributed by atoms with Crippen LogP contribution in [0.15, 0.2) is 41.6 Å². The molecule has 4 rings (SSSR count). The number of fused-ring (bicyclic) bond motifs is 2. The van der Waals surface area contributed by atoms with Gasteiger partial charge in [-0.2, -0.15) is 0 Å². The Labute approximate surface area is 156 Å². The minimum absolute atomic E-state index is 0.348. The summed E-state index contributed by atoms with van der Waals surface area (Å²) < 4.78 is 52.7. The molecule has 0 saturated heterocycles. The van der Waals surface area contributed by atoms with Gasteiger partial charge in [0.1, 0.15) is 17.3 Å². The van der Waals surface area contributed by atoms with Crippen LogP contribution in [0.3, 0.4) is 0 Å². The van der Waals surface area contributed by atoms with Gasteiger partial charge >= 0.3 is 6.97 Å². The molecule has 0 fully saturated rings. The van der Waals surface area contributed by atoms with Crippen molar-refractivity contribution in [2.45, 2.75) is 27.7 Å². The van der Waals surface area contributed by atoms with Crippen molar-refractivity contribution in [3.8, 4) is 5.75 Å². The Bertz CT molecular complexity index is 1090. The van der Waals surface area contributed by atoms with E-state index in [2.05, 4.69) is 0 Å². The van der Waals surface area contributed by atoms with Crippen LogP contribution >= 0.6 is 0 Å². The number of methoxy groups -OCH3 is 1. The van der Waals surface area contributed by atoms with Gasteiger partial charge in [0.05, 0.1) is 12.7 Å². The highest BCUT2D eigenvalue weighted by Crippen LogP contribution is 2.44. The molecule has 0 bridgehead atoms. The molecule has 0 unspecified atom stereocenters. The Balaban J connectivity index is 2.17. The molecule has 0 atom stereocenters. The fraction of sp³-hybridized carbons (Fsp3) is 0.250. The predicted octanol–water partition coefficient (Wildman–Crippen LogP) is 4.68. The van der Waals surface area contributed by atoms with Gasteiger partial charge in [0.25, 0.3) is 0 Å². The van der Waals surface area contributed by atoms with Crippen LogP contribution in [-0.2, 0) is 0 Å². The van der Waals surface area contributed by atoms with E-state index in [1.807, 2.05) is 13.8 Å². The Morgan fingerprint density at radius 2 is 1.74 bits per heavy atom. The lowest BCUT2D eigenvalue weighted by Gasteiger charge is -2.34. The van der Waals surface area contributed by atoms with Crippen molar-refractivity contribution in [2.75, 3.05) is 7.11 Å². The zero-order chi connectivity index (χ0) is 19.7. The summed E-state index contributed by atoms with van der Waals surface area (Å²) in [5.41, 5.74) is 4.39. The second-order valence-electron chi connectivity index (χ2n) is 7.22. The largest absolute Gasteiger partial charge is 0.737 e. The number of aromatic nitrogens is 1. The molecule has 140 valence electrons. The highest BCUT2D eigenvalue weighted by molar-refractivity contribution is 6.58. The van der Waals surface area contributed by atoms with Gasteiger partial charge in [0.2, 0.25) is 0 Å². The van der Waals surface area contributed by atoms with E-state index in [1.54, 1.807) is 32.1 Å². The van der Waals surface area contributed by atoms with Crippen LogP contribution in [0.25, 0.3) is 5.57 Å². The molecule has 1 aromatic carbocycles. The van der Waals surface area contributed by atoms with E-state index in [1.165, 1.54) is 19.2 Å². The molecule has 0 aliphatic carbocycles. The van der Waals surface area contributed by atoms with Crippen LogP contribution in [-0.4, -0.2) is 28.8 Å². The number of allylic oxidation sites excluding steroid dienone is 2. The summed E-state index contributed by atoms with van der Waals surface area (Å²) in [7, 11) is 1.46. The summed E-state index contributed by atoms with van der Waals surface area (Å²) >= 11 is 0. The molecular weight excluding hydrogens is 352 g/mol. The molecular formula is C20H20BF3N2O. The fourth-order valence-electron chi connectivity index (χ4n) is 4.40. The van der Waals surface area contributed by atoms with Gasteiger partial charge in [-0.3, -0.25) is 0 Å². The van der Waals surface area contributed by atoms with Crippen molar-refractivity contribution in [1.82, 2.24) is 4.48 Å². The quantitative estimate of drug-likeness (QED) is 0.700. The van der Waals surface area contributed by atoms with Crippen LogP contribution in [0.1, 0.15) is 36.4 Å². The average molecular weight is 372 g/mol. The first-order valence-corrected chi connectivity index (χ1v) is 8.79. The smallest absolute Gasteiger partial charge is 0.497 e. The summed E-state index contributed by atoms with van der Waals surface area (Å²) in [5, 5.41) is 0.